The molecular formula is C30H30Cl4F2N4O4. The molecule has 6 rings (SSSR count). The van der Waals surface area contributed by atoms with Crippen LogP contribution in [0, 0.1) is 17.8 Å². The van der Waals surface area contributed by atoms with E-state index in [0.29, 0.717) is 12.2 Å². The number of alkyl halides is 2. The number of aliphatic carboxylic acids is 1. The molecule has 4 atom stereocenters. The summed E-state index contributed by atoms with van der Waals surface area (Å²) in [5.41, 5.74) is -1.49. The Bertz CT molecular complexity index is 1540. The van der Waals surface area contributed by atoms with E-state index in [0.717, 1.165) is 12.8 Å². The minimum atomic E-state index is -3.29. The Labute approximate surface area is 273 Å². The highest BCUT2D eigenvalue weighted by Gasteiger charge is 2.75. The van der Waals surface area contributed by atoms with Gasteiger partial charge in [0.15, 0.2) is 0 Å². The summed E-state index contributed by atoms with van der Waals surface area (Å²) in [7, 11) is 3.61. The van der Waals surface area contributed by atoms with Crippen molar-refractivity contribution in [3.8, 4) is 0 Å². The zero-order chi connectivity index (χ0) is 31.9. The summed E-state index contributed by atoms with van der Waals surface area (Å²) in [4.78, 5) is 48.6. The van der Waals surface area contributed by atoms with Crippen LogP contribution in [0.3, 0.4) is 0 Å². The van der Waals surface area contributed by atoms with Crippen molar-refractivity contribution in [2.24, 2.45) is 17.8 Å². The van der Waals surface area contributed by atoms with E-state index in [2.05, 4.69) is 0 Å². The van der Waals surface area contributed by atoms with Crippen LogP contribution in [-0.4, -0.2) is 84.9 Å². The topological polar surface area (TPSA) is 84.4 Å². The smallest absolute Gasteiger partial charge is 0.310 e. The molecule has 1 saturated carbocycles. The molecule has 0 bridgehead atoms. The Morgan fingerprint density at radius 2 is 1.66 bits per heavy atom. The summed E-state index contributed by atoms with van der Waals surface area (Å²) < 4.78 is 30.8. The van der Waals surface area contributed by atoms with Gasteiger partial charge in [0.2, 0.25) is 5.91 Å². The molecule has 1 aliphatic carbocycles. The lowest BCUT2D eigenvalue weighted by atomic mass is 9.73. The quantitative estimate of drug-likeness (QED) is 0.373. The third-order valence-corrected chi connectivity index (χ3v) is 10.1. The fraction of sp³-hybridized carbons (Fsp3) is 0.500. The zero-order valence-electron chi connectivity index (χ0n) is 23.9. The molecule has 3 aliphatic heterocycles. The number of rotatable bonds is 8. The maximum Gasteiger partial charge on any atom is 0.310 e. The second kappa shape index (κ2) is 11.2. The molecule has 44 heavy (non-hydrogen) atoms. The molecule has 3 heterocycles. The number of anilines is 2. The van der Waals surface area contributed by atoms with Crippen molar-refractivity contribution in [2.45, 2.75) is 36.8 Å². The average Bonchev–Trinajstić information content (AvgIpc) is 3.55. The van der Waals surface area contributed by atoms with E-state index in [1.165, 1.54) is 45.0 Å². The SMILES string of the molecule is CN(C)CCN1C(=O)[C@]2(c3cc(Cl)cc(Cl)c31)[C@@H](C(=O)O)[C@@H](C(=O)N(CC1CC1)c1cc(Cl)cc(Cl)c1)[C@H]1CC(F)(F)CN12. The van der Waals surface area contributed by atoms with Crippen molar-refractivity contribution in [3.63, 3.8) is 0 Å². The second-order valence-corrected chi connectivity index (χ2v) is 14.1. The molecule has 2 aromatic carbocycles. The van der Waals surface area contributed by atoms with Gasteiger partial charge in [-0.2, -0.15) is 0 Å². The van der Waals surface area contributed by atoms with E-state index in [-0.39, 0.29) is 50.3 Å². The van der Waals surface area contributed by atoms with Crippen LogP contribution in [0.5, 0.6) is 0 Å². The van der Waals surface area contributed by atoms with E-state index in [1.807, 2.05) is 4.90 Å². The Morgan fingerprint density at radius 1 is 1.02 bits per heavy atom. The lowest BCUT2D eigenvalue weighted by molar-refractivity contribution is -0.154. The van der Waals surface area contributed by atoms with Gasteiger partial charge in [0, 0.05) is 58.4 Å². The highest BCUT2D eigenvalue weighted by atomic mass is 35.5. The van der Waals surface area contributed by atoms with Gasteiger partial charge < -0.3 is 19.8 Å². The number of carbonyl (C=O) groups is 3. The van der Waals surface area contributed by atoms with Crippen molar-refractivity contribution in [1.82, 2.24) is 9.80 Å². The molecule has 4 aliphatic rings. The van der Waals surface area contributed by atoms with Crippen LogP contribution in [0.4, 0.5) is 20.2 Å². The van der Waals surface area contributed by atoms with Crippen molar-refractivity contribution in [1.29, 1.82) is 0 Å². The van der Waals surface area contributed by atoms with Crippen molar-refractivity contribution in [2.75, 3.05) is 50.1 Å². The summed E-state index contributed by atoms with van der Waals surface area (Å²) >= 11 is 25.7. The van der Waals surface area contributed by atoms with Gasteiger partial charge in [0.05, 0.1) is 23.2 Å². The first-order valence-corrected chi connectivity index (χ1v) is 15.8. The van der Waals surface area contributed by atoms with Crippen LogP contribution < -0.4 is 9.80 Å². The first-order chi connectivity index (χ1) is 20.7. The van der Waals surface area contributed by atoms with Gasteiger partial charge in [0.25, 0.3) is 11.8 Å². The minimum Gasteiger partial charge on any atom is -0.481 e. The lowest BCUT2D eigenvalue weighted by Gasteiger charge is -2.37. The summed E-state index contributed by atoms with van der Waals surface area (Å²) in [5, 5.41) is 11.6. The van der Waals surface area contributed by atoms with Gasteiger partial charge in [-0.1, -0.05) is 46.4 Å². The molecule has 2 amide bonds. The van der Waals surface area contributed by atoms with Crippen LogP contribution in [0.15, 0.2) is 30.3 Å². The first kappa shape index (κ1) is 31.8. The standard InChI is InChI=1S/C30H30Cl4F2N4O4/c1-37(2)5-6-38-25-20(10-18(33)11-21(25)34)30(28(38)44)24(27(42)43)23(22-12-29(35,36)14-40(22)30)26(41)39(13-15-3-4-15)19-8-16(31)7-17(32)9-19/h7-11,15,22-24H,3-6,12-14H2,1-2H3,(H,42,43)/t22-,23+,24-,30+/m1/s1. The molecule has 2 aromatic rings. The molecular weight excluding hydrogens is 660 g/mol. The van der Waals surface area contributed by atoms with E-state index in [1.54, 1.807) is 14.1 Å². The number of carboxylic acids is 1. The minimum absolute atomic E-state index is 0.0850. The molecule has 1 N–H and O–H groups in total. The predicted molar refractivity (Wildman–Crippen MR) is 165 cm³/mol. The Kier molecular flexibility index (Phi) is 8.12. The summed E-state index contributed by atoms with van der Waals surface area (Å²) in [5.74, 6) is -9.24. The van der Waals surface area contributed by atoms with Crippen molar-refractivity contribution in [3.05, 3.63) is 56.0 Å². The van der Waals surface area contributed by atoms with Crippen molar-refractivity contribution < 1.29 is 28.3 Å². The molecule has 1 spiro atoms. The highest BCUT2D eigenvalue weighted by molar-refractivity contribution is 6.38. The maximum absolute atomic E-state index is 15.4. The van der Waals surface area contributed by atoms with Crippen LogP contribution in [-0.2, 0) is 19.9 Å². The number of nitrogens with zero attached hydrogens (tertiary/aromatic N) is 4. The summed E-state index contributed by atoms with van der Waals surface area (Å²) in [6, 6.07) is 6.16. The highest BCUT2D eigenvalue weighted by Crippen LogP contribution is 2.62. The third-order valence-electron chi connectivity index (χ3n) is 9.15. The number of carbonyl (C=O) groups excluding carboxylic acids is 2. The monoisotopic (exact) mass is 688 g/mol. The van der Waals surface area contributed by atoms with Crippen LogP contribution in [0.2, 0.25) is 20.1 Å². The van der Waals surface area contributed by atoms with Crippen LogP contribution in [0.25, 0.3) is 0 Å². The fourth-order valence-electron chi connectivity index (χ4n) is 7.26. The van der Waals surface area contributed by atoms with E-state index < -0.39 is 60.1 Å². The molecule has 3 fully saturated rings. The van der Waals surface area contributed by atoms with Crippen molar-refractivity contribution >= 4 is 75.6 Å². The van der Waals surface area contributed by atoms with Gasteiger partial charge in [-0.3, -0.25) is 19.3 Å². The lowest BCUT2D eigenvalue weighted by Crippen LogP contribution is -2.56. The van der Waals surface area contributed by atoms with Gasteiger partial charge in [-0.15, -0.1) is 0 Å². The Morgan fingerprint density at radius 3 is 2.25 bits per heavy atom. The number of hydrogen-bond donors (Lipinski definition) is 1. The maximum atomic E-state index is 15.4. The fourth-order valence-corrected chi connectivity index (χ4v) is 8.37. The third kappa shape index (κ3) is 5.15. The zero-order valence-corrected chi connectivity index (χ0v) is 26.9. The number of fused-ring (bicyclic) bond motifs is 4. The predicted octanol–water partition coefficient (Wildman–Crippen LogP) is 5.89. The largest absolute Gasteiger partial charge is 0.481 e. The van der Waals surface area contributed by atoms with Gasteiger partial charge >= 0.3 is 5.97 Å². The molecule has 0 aromatic heterocycles. The van der Waals surface area contributed by atoms with Gasteiger partial charge in [0.1, 0.15) is 11.5 Å². The number of amides is 2. The van der Waals surface area contributed by atoms with Gasteiger partial charge in [-0.25, -0.2) is 8.78 Å². The molecule has 8 nitrogen and oxygen atoms in total. The summed E-state index contributed by atoms with van der Waals surface area (Å²) in [6.07, 6.45) is 0.913. The number of benzene rings is 2. The number of hydrogen-bond acceptors (Lipinski definition) is 5. The van der Waals surface area contributed by atoms with E-state index in [4.69, 9.17) is 46.4 Å². The number of likely N-dealkylation sites (N-methyl/N-ethyl adjacent to an activating group) is 1. The second-order valence-electron chi connectivity index (χ2n) is 12.4. The molecule has 0 unspecified atom stereocenters. The molecule has 0 radical (unpaired) electrons. The normalized spacial score (nSPS) is 27.3. The van der Waals surface area contributed by atoms with Gasteiger partial charge in [-0.05, 0) is 63.2 Å². The number of halogens is 6. The Balaban J connectivity index is 1.56. The van der Waals surface area contributed by atoms with Crippen LogP contribution >= 0.6 is 46.4 Å². The van der Waals surface area contributed by atoms with E-state index in [9.17, 15) is 19.5 Å². The van der Waals surface area contributed by atoms with E-state index >= 15 is 8.78 Å². The average molecular weight is 690 g/mol. The Hall–Kier alpha value is -2.21. The summed E-state index contributed by atoms with van der Waals surface area (Å²) in [6.45, 7) is -0.194. The number of carboxylic acid groups (broad SMARTS) is 1. The first-order valence-electron chi connectivity index (χ1n) is 14.3. The van der Waals surface area contributed by atoms with Crippen LogP contribution in [0.1, 0.15) is 24.8 Å². The molecule has 2 saturated heterocycles. The molecule has 236 valence electrons. The molecule has 14 heteroatoms.